The van der Waals surface area contributed by atoms with Crippen molar-refractivity contribution in [1.82, 2.24) is 9.55 Å². The first-order chi connectivity index (χ1) is 23.6. The van der Waals surface area contributed by atoms with Crippen molar-refractivity contribution in [3.8, 4) is 5.75 Å². The van der Waals surface area contributed by atoms with Crippen molar-refractivity contribution in [2.75, 3.05) is 36.6 Å². The highest BCUT2D eigenvalue weighted by Gasteiger charge is 2.19. The molecular formula is C39H46N4O4S. The molecule has 4 aromatic rings. The van der Waals surface area contributed by atoms with E-state index in [0.29, 0.717) is 41.5 Å². The summed E-state index contributed by atoms with van der Waals surface area (Å²) in [5, 5.41) is 3.05. The summed E-state index contributed by atoms with van der Waals surface area (Å²) in [4.78, 5) is 20.7. The number of allylic oxidation sites excluding steroid dienone is 2. The minimum Gasteiger partial charge on any atom is -0.491 e. The molecule has 48 heavy (non-hydrogen) atoms. The van der Waals surface area contributed by atoms with Crippen LogP contribution in [0.2, 0.25) is 0 Å². The van der Waals surface area contributed by atoms with Crippen molar-refractivity contribution in [3.63, 3.8) is 0 Å². The number of aryl methyl sites for hydroxylation is 1. The quantitative estimate of drug-likeness (QED) is 0.122. The highest BCUT2D eigenvalue weighted by atomic mass is 32.2. The highest BCUT2D eigenvalue weighted by Crippen LogP contribution is 2.30. The van der Waals surface area contributed by atoms with Gasteiger partial charge in [-0.05, 0) is 98.0 Å². The number of para-hydroxylation sites is 1. The van der Waals surface area contributed by atoms with Crippen LogP contribution in [0.4, 0.5) is 11.4 Å². The van der Waals surface area contributed by atoms with Crippen LogP contribution in [0, 0.1) is 0 Å². The lowest BCUT2D eigenvalue weighted by Gasteiger charge is -2.29. The number of nitrogens with zero attached hydrogens (tertiary/aromatic N) is 3. The molecule has 1 unspecified atom stereocenters. The Bertz CT molecular complexity index is 1680. The summed E-state index contributed by atoms with van der Waals surface area (Å²) >= 11 is 0. The lowest BCUT2D eigenvalue weighted by atomic mass is 10.0. The van der Waals surface area contributed by atoms with E-state index in [9.17, 15) is 9.00 Å². The summed E-state index contributed by atoms with van der Waals surface area (Å²) in [6.45, 7) is 7.71. The van der Waals surface area contributed by atoms with Gasteiger partial charge in [0, 0.05) is 53.4 Å². The Morgan fingerprint density at radius 3 is 2.46 bits per heavy atom. The minimum absolute atomic E-state index is 0.138. The van der Waals surface area contributed by atoms with Crippen LogP contribution in [-0.4, -0.2) is 46.0 Å². The van der Waals surface area contributed by atoms with Gasteiger partial charge in [0.1, 0.15) is 12.4 Å². The monoisotopic (exact) mass is 666 g/mol. The van der Waals surface area contributed by atoms with E-state index in [4.69, 9.17) is 9.47 Å². The zero-order chi connectivity index (χ0) is 33.6. The van der Waals surface area contributed by atoms with Gasteiger partial charge in [0.15, 0.2) is 0 Å². The Morgan fingerprint density at radius 1 is 0.917 bits per heavy atom. The summed E-state index contributed by atoms with van der Waals surface area (Å²) in [5.74, 6) is 1.06. The summed E-state index contributed by atoms with van der Waals surface area (Å²) in [7, 11) is -1.21. The first kappa shape index (κ1) is 34.9. The van der Waals surface area contributed by atoms with Gasteiger partial charge in [-0.25, -0.2) is 4.98 Å². The summed E-state index contributed by atoms with van der Waals surface area (Å²) in [6, 6.07) is 25.7. The first-order valence-electron chi connectivity index (χ1n) is 16.9. The molecule has 2 heterocycles. The van der Waals surface area contributed by atoms with E-state index in [1.165, 1.54) is 0 Å². The van der Waals surface area contributed by atoms with Gasteiger partial charge in [0.05, 0.1) is 35.2 Å². The molecule has 1 aromatic heterocycles. The average Bonchev–Trinajstić information content (AvgIpc) is 3.53. The lowest BCUT2D eigenvalue weighted by Crippen LogP contribution is -2.25. The van der Waals surface area contributed by atoms with E-state index in [0.717, 1.165) is 73.8 Å². The summed E-state index contributed by atoms with van der Waals surface area (Å²) in [6.07, 6.45) is 12.1. The molecule has 252 valence electrons. The number of amides is 1. The predicted octanol–water partition coefficient (Wildman–Crippen LogP) is 8.00. The van der Waals surface area contributed by atoms with Crippen LogP contribution in [0.15, 0.2) is 114 Å². The number of hydrogen-bond acceptors (Lipinski definition) is 6. The minimum atomic E-state index is -1.21. The second-order valence-corrected chi connectivity index (χ2v) is 13.2. The molecule has 1 amide bonds. The van der Waals surface area contributed by atoms with Gasteiger partial charge < -0.3 is 24.3 Å². The molecule has 1 aliphatic heterocycles. The topological polar surface area (TPSA) is 85.7 Å². The second kappa shape index (κ2) is 18.2. The highest BCUT2D eigenvalue weighted by molar-refractivity contribution is 7.84. The van der Waals surface area contributed by atoms with Crippen LogP contribution in [-0.2, 0) is 32.6 Å². The maximum absolute atomic E-state index is 13.5. The van der Waals surface area contributed by atoms with Crippen LogP contribution in [0.5, 0.6) is 5.75 Å². The molecule has 0 saturated heterocycles. The third-order valence-electron chi connectivity index (χ3n) is 8.13. The Labute approximate surface area is 286 Å². The van der Waals surface area contributed by atoms with E-state index in [1.54, 1.807) is 12.5 Å². The molecule has 1 atom stereocenters. The number of hydrogen-bond donors (Lipinski definition) is 1. The van der Waals surface area contributed by atoms with E-state index in [-0.39, 0.29) is 5.91 Å². The number of nitrogens with one attached hydrogen (secondary N) is 1. The number of carbonyl (C=O) groups excluding carboxylic acids is 1. The predicted molar refractivity (Wildman–Crippen MR) is 194 cm³/mol. The van der Waals surface area contributed by atoms with E-state index < -0.39 is 10.8 Å². The number of carbonyl (C=O) groups is 1. The van der Waals surface area contributed by atoms with Gasteiger partial charge in [-0.15, -0.1) is 0 Å². The van der Waals surface area contributed by atoms with Crippen LogP contribution >= 0.6 is 0 Å². The van der Waals surface area contributed by atoms with Gasteiger partial charge in [-0.1, -0.05) is 44.5 Å². The van der Waals surface area contributed by atoms with E-state index >= 15 is 0 Å². The number of benzene rings is 3. The van der Waals surface area contributed by atoms with Crippen molar-refractivity contribution >= 4 is 33.8 Å². The van der Waals surface area contributed by atoms with Crippen LogP contribution in [0.3, 0.4) is 0 Å². The maximum atomic E-state index is 13.5. The molecule has 9 heteroatoms. The number of anilines is 2. The molecule has 1 N–H and O–H groups in total. The number of unbranched alkanes of at least 4 members (excludes halogenated alkanes) is 1. The third kappa shape index (κ3) is 9.78. The van der Waals surface area contributed by atoms with Crippen LogP contribution in [0.1, 0.15) is 57.2 Å². The number of imidazole rings is 1. The van der Waals surface area contributed by atoms with E-state index in [2.05, 4.69) is 53.3 Å². The Hall–Kier alpha value is -4.47. The second-order valence-electron chi connectivity index (χ2n) is 11.7. The summed E-state index contributed by atoms with van der Waals surface area (Å²) < 4.78 is 26.6. The molecule has 0 saturated carbocycles. The Morgan fingerprint density at radius 2 is 1.71 bits per heavy atom. The molecule has 3 aromatic carbocycles. The standard InChI is InChI=1S/C39H46N4O4S/c1-3-5-25-46-26-27-47-36-18-13-31(14-19-36)38-22-15-32(10-9-24-43(38)34-11-7-6-8-12-34)39(44)41-33-16-20-37(21-17-33)48(45)29-35-28-40-30-42(35)23-4-2/h6-8,11-22,28,30H,3-5,9-10,23-27,29H2,1-2H3,(H,41,44). The average molecular weight is 667 g/mol. The molecule has 8 nitrogen and oxygen atoms in total. The summed E-state index contributed by atoms with van der Waals surface area (Å²) in [5.41, 5.74) is 5.47. The van der Waals surface area contributed by atoms with Gasteiger partial charge >= 0.3 is 0 Å². The molecular weight excluding hydrogens is 621 g/mol. The number of aromatic nitrogens is 2. The van der Waals surface area contributed by atoms with Crippen molar-refractivity contribution in [3.05, 3.63) is 120 Å². The molecule has 0 aliphatic carbocycles. The Kier molecular flexibility index (Phi) is 13.2. The fourth-order valence-electron chi connectivity index (χ4n) is 5.54. The molecule has 0 spiro atoms. The van der Waals surface area contributed by atoms with Gasteiger partial charge in [0.25, 0.3) is 5.91 Å². The fourth-order valence-corrected chi connectivity index (χ4v) is 6.65. The Balaban J connectivity index is 1.28. The van der Waals surface area contributed by atoms with Gasteiger partial charge in [-0.2, -0.15) is 0 Å². The number of rotatable bonds is 16. The molecule has 5 rings (SSSR count). The SMILES string of the molecule is CCCCOCCOc1ccc(C2=CC=C(C(=O)Nc3ccc(S(=O)Cc4cncn4CCC)cc3)CCCN2c2ccccc2)cc1. The first-order valence-corrected chi connectivity index (χ1v) is 18.2. The van der Waals surface area contributed by atoms with Crippen molar-refractivity contribution in [1.29, 1.82) is 0 Å². The number of ether oxygens (including phenoxy) is 2. The molecule has 0 radical (unpaired) electrons. The molecule has 0 bridgehead atoms. The largest absolute Gasteiger partial charge is 0.491 e. The maximum Gasteiger partial charge on any atom is 0.251 e. The van der Waals surface area contributed by atoms with Crippen molar-refractivity contribution < 1.29 is 18.5 Å². The fraction of sp³-hybridized carbons (Fsp3) is 0.333. The lowest BCUT2D eigenvalue weighted by molar-refractivity contribution is -0.113. The zero-order valence-corrected chi connectivity index (χ0v) is 28.8. The van der Waals surface area contributed by atoms with Gasteiger partial charge in [0.2, 0.25) is 0 Å². The smallest absolute Gasteiger partial charge is 0.251 e. The van der Waals surface area contributed by atoms with Crippen molar-refractivity contribution in [2.45, 2.75) is 63.1 Å². The van der Waals surface area contributed by atoms with E-state index in [1.807, 2.05) is 71.3 Å². The molecule has 0 fully saturated rings. The van der Waals surface area contributed by atoms with Crippen molar-refractivity contribution in [2.24, 2.45) is 0 Å². The molecule has 1 aliphatic rings. The third-order valence-corrected chi connectivity index (χ3v) is 9.48. The normalized spacial score (nSPS) is 14.0. The van der Waals surface area contributed by atoms with Crippen LogP contribution in [0.25, 0.3) is 5.70 Å². The van der Waals surface area contributed by atoms with Crippen LogP contribution < -0.4 is 15.0 Å². The van der Waals surface area contributed by atoms with Gasteiger partial charge in [-0.3, -0.25) is 9.00 Å². The zero-order valence-electron chi connectivity index (χ0n) is 28.0.